The molecular formula is C26H32N4O4S2. The van der Waals surface area contributed by atoms with Gasteiger partial charge in [0.05, 0.1) is 42.7 Å². The van der Waals surface area contributed by atoms with Gasteiger partial charge in [0.2, 0.25) is 10.0 Å². The number of aromatic nitrogens is 1. The number of benzene rings is 2. The molecule has 192 valence electrons. The Hall–Kier alpha value is -2.34. The zero-order chi connectivity index (χ0) is 25.0. The van der Waals surface area contributed by atoms with Crippen molar-refractivity contribution in [3.8, 4) is 11.3 Å². The summed E-state index contributed by atoms with van der Waals surface area (Å²) in [5, 5.41) is 2.11. The van der Waals surface area contributed by atoms with Crippen LogP contribution >= 0.6 is 11.3 Å². The molecule has 36 heavy (non-hydrogen) atoms. The number of ether oxygens (including phenoxy) is 2. The molecule has 0 saturated carbocycles. The van der Waals surface area contributed by atoms with Crippen LogP contribution in [-0.2, 0) is 26.0 Å². The first kappa shape index (κ1) is 25.3. The fourth-order valence-corrected chi connectivity index (χ4v) is 6.76. The Morgan fingerprint density at radius 2 is 1.50 bits per heavy atom. The number of hydrogen-bond acceptors (Lipinski definition) is 7. The maximum atomic E-state index is 13.0. The van der Waals surface area contributed by atoms with E-state index in [0.717, 1.165) is 61.1 Å². The number of thiazole rings is 1. The molecule has 2 aromatic carbocycles. The van der Waals surface area contributed by atoms with Crippen molar-refractivity contribution in [3.63, 3.8) is 0 Å². The van der Waals surface area contributed by atoms with Crippen molar-refractivity contribution >= 4 is 27.0 Å². The van der Waals surface area contributed by atoms with E-state index in [0.29, 0.717) is 31.2 Å². The van der Waals surface area contributed by atoms with E-state index in [1.54, 1.807) is 23.5 Å². The van der Waals surface area contributed by atoms with Crippen molar-refractivity contribution < 1.29 is 17.9 Å². The van der Waals surface area contributed by atoms with Crippen LogP contribution < -0.4 is 4.80 Å². The quantitative estimate of drug-likeness (QED) is 0.471. The van der Waals surface area contributed by atoms with E-state index in [4.69, 9.17) is 14.5 Å². The fraction of sp³-hybridized carbons (Fsp3) is 0.423. The molecular weight excluding hydrogens is 496 g/mol. The van der Waals surface area contributed by atoms with E-state index in [1.165, 1.54) is 9.87 Å². The number of morpholine rings is 2. The molecule has 2 saturated heterocycles. The number of sulfonamides is 1. The monoisotopic (exact) mass is 528 g/mol. The number of rotatable bonds is 7. The summed E-state index contributed by atoms with van der Waals surface area (Å²) in [4.78, 5) is 8.58. The van der Waals surface area contributed by atoms with Crippen LogP contribution in [0.4, 0.5) is 5.69 Å². The maximum absolute atomic E-state index is 13.0. The first-order chi connectivity index (χ1) is 17.5. The van der Waals surface area contributed by atoms with Crippen LogP contribution in [0.5, 0.6) is 0 Å². The Bertz CT molecular complexity index is 1320. The van der Waals surface area contributed by atoms with Gasteiger partial charge in [0.25, 0.3) is 0 Å². The molecule has 0 N–H and O–H groups in total. The molecule has 0 radical (unpaired) electrons. The minimum Gasteiger partial charge on any atom is -0.379 e. The largest absolute Gasteiger partial charge is 0.379 e. The molecule has 0 spiro atoms. The first-order valence-electron chi connectivity index (χ1n) is 12.3. The third-order valence-corrected chi connectivity index (χ3v) is 9.33. The van der Waals surface area contributed by atoms with Gasteiger partial charge in [-0.15, -0.1) is 11.3 Å². The minimum atomic E-state index is -3.52. The van der Waals surface area contributed by atoms with Crippen LogP contribution in [0.3, 0.4) is 0 Å². The predicted molar refractivity (Wildman–Crippen MR) is 141 cm³/mol. The molecule has 0 amide bonds. The van der Waals surface area contributed by atoms with Gasteiger partial charge in [-0.25, -0.2) is 13.4 Å². The molecule has 0 atom stereocenters. The van der Waals surface area contributed by atoms with Crippen LogP contribution in [0, 0.1) is 6.92 Å². The molecule has 0 aliphatic carbocycles. The lowest BCUT2D eigenvalue weighted by molar-refractivity contribution is 0.0363. The standard InChI is InChI=1S/C26H32N4O4S2/c1-21-2-6-23(7-3-21)27-26-30(11-10-28-12-16-33-17-13-28)25(20-35-26)22-4-8-24(9-5-22)36(31,32)29-14-18-34-19-15-29/h2-9,20H,10-19H2,1H3. The number of nitrogens with zero attached hydrogens (tertiary/aromatic N) is 4. The average molecular weight is 529 g/mol. The molecule has 2 aliphatic heterocycles. The summed E-state index contributed by atoms with van der Waals surface area (Å²) in [6.07, 6.45) is 0. The molecule has 5 rings (SSSR count). The highest BCUT2D eigenvalue weighted by Crippen LogP contribution is 2.25. The van der Waals surface area contributed by atoms with Gasteiger partial charge < -0.3 is 14.0 Å². The maximum Gasteiger partial charge on any atom is 0.243 e. The number of aryl methyl sites for hydroxylation is 1. The molecule has 2 fully saturated rings. The highest BCUT2D eigenvalue weighted by molar-refractivity contribution is 7.89. The normalized spacial score (nSPS) is 18.5. The van der Waals surface area contributed by atoms with Gasteiger partial charge in [-0.2, -0.15) is 4.31 Å². The average Bonchev–Trinajstić information content (AvgIpc) is 3.32. The van der Waals surface area contributed by atoms with Crippen LogP contribution in [0.15, 0.2) is 63.8 Å². The van der Waals surface area contributed by atoms with Gasteiger partial charge >= 0.3 is 0 Å². The lowest BCUT2D eigenvalue weighted by Gasteiger charge is -2.27. The topological polar surface area (TPSA) is 76.4 Å². The summed E-state index contributed by atoms with van der Waals surface area (Å²) in [7, 11) is -3.52. The smallest absolute Gasteiger partial charge is 0.243 e. The lowest BCUT2D eigenvalue weighted by atomic mass is 10.2. The Balaban J connectivity index is 1.45. The second-order valence-electron chi connectivity index (χ2n) is 9.00. The van der Waals surface area contributed by atoms with Gasteiger partial charge in [-0.05, 0) is 36.8 Å². The first-order valence-corrected chi connectivity index (χ1v) is 14.6. The van der Waals surface area contributed by atoms with Crippen molar-refractivity contribution in [3.05, 3.63) is 64.3 Å². The van der Waals surface area contributed by atoms with E-state index in [9.17, 15) is 8.42 Å². The molecule has 8 nitrogen and oxygen atoms in total. The van der Waals surface area contributed by atoms with Crippen molar-refractivity contribution in [2.75, 3.05) is 59.2 Å². The number of hydrogen-bond donors (Lipinski definition) is 0. The van der Waals surface area contributed by atoms with Gasteiger partial charge in [0, 0.05) is 44.6 Å². The highest BCUT2D eigenvalue weighted by atomic mass is 32.2. The van der Waals surface area contributed by atoms with Gasteiger partial charge in [-0.1, -0.05) is 29.8 Å². The Kier molecular flexibility index (Phi) is 8.00. The zero-order valence-electron chi connectivity index (χ0n) is 20.5. The minimum absolute atomic E-state index is 0.313. The molecule has 10 heteroatoms. The molecule has 0 bridgehead atoms. The van der Waals surface area contributed by atoms with Crippen molar-refractivity contribution in [2.45, 2.75) is 18.4 Å². The third kappa shape index (κ3) is 5.80. The van der Waals surface area contributed by atoms with E-state index >= 15 is 0 Å². The summed E-state index contributed by atoms with van der Waals surface area (Å²) >= 11 is 1.60. The van der Waals surface area contributed by atoms with Crippen molar-refractivity contribution in [1.82, 2.24) is 13.8 Å². The van der Waals surface area contributed by atoms with Gasteiger partial charge in [0.1, 0.15) is 0 Å². The van der Waals surface area contributed by atoms with Gasteiger partial charge in [-0.3, -0.25) is 4.90 Å². The SMILES string of the molecule is Cc1ccc(N=c2scc(-c3ccc(S(=O)(=O)N4CCOCC4)cc3)n2CCN2CCOCC2)cc1. The lowest BCUT2D eigenvalue weighted by Crippen LogP contribution is -2.40. The molecule has 1 aromatic heterocycles. The van der Waals surface area contributed by atoms with Crippen LogP contribution in [0.1, 0.15) is 5.56 Å². The van der Waals surface area contributed by atoms with Gasteiger partial charge in [0.15, 0.2) is 4.80 Å². The Labute approximate surface area is 216 Å². The van der Waals surface area contributed by atoms with Crippen molar-refractivity contribution in [1.29, 1.82) is 0 Å². The molecule has 3 heterocycles. The predicted octanol–water partition coefficient (Wildman–Crippen LogP) is 3.11. The third-order valence-electron chi connectivity index (χ3n) is 6.56. The molecule has 0 unspecified atom stereocenters. The van der Waals surface area contributed by atoms with Crippen LogP contribution in [-0.4, -0.2) is 81.3 Å². The van der Waals surface area contributed by atoms with Crippen molar-refractivity contribution in [2.24, 2.45) is 4.99 Å². The summed E-state index contributed by atoms with van der Waals surface area (Å²) < 4.78 is 40.6. The summed E-state index contributed by atoms with van der Waals surface area (Å²) in [6, 6.07) is 15.4. The van der Waals surface area contributed by atoms with E-state index in [2.05, 4.69) is 33.9 Å². The fourth-order valence-electron chi connectivity index (χ4n) is 4.40. The second-order valence-corrected chi connectivity index (χ2v) is 11.8. The summed E-state index contributed by atoms with van der Waals surface area (Å²) in [5.74, 6) is 0. The second kappa shape index (κ2) is 11.4. The van der Waals surface area contributed by atoms with E-state index in [1.807, 2.05) is 24.3 Å². The molecule has 2 aliphatic rings. The van der Waals surface area contributed by atoms with E-state index < -0.39 is 10.0 Å². The summed E-state index contributed by atoms with van der Waals surface area (Å²) in [6.45, 7) is 8.79. The Morgan fingerprint density at radius 1 is 0.861 bits per heavy atom. The summed E-state index contributed by atoms with van der Waals surface area (Å²) in [5.41, 5.74) is 4.13. The zero-order valence-corrected chi connectivity index (χ0v) is 22.1. The molecule has 3 aromatic rings. The van der Waals surface area contributed by atoms with Crippen LogP contribution in [0.2, 0.25) is 0 Å². The Morgan fingerprint density at radius 3 is 2.17 bits per heavy atom. The van der Waals surface area contributed by atoms with E-state index in [-0.39, 0.29) is 0 Å². The van der Waals surface area contributed by atoms with Crippen LogP contribution in [0.25, 0.3) is 11.3 Å². The highest BCUT2D eigenvalue weighted by Gasteiger charge is 2.26.